The number of carbonyl (C=O) groups is 3. The van der Waals surface area contributed by atoms with Crippen molar-refractivity contribution in [1.29, 1.82) is 0 Å². The van der Waals surface area contributed by atoms with Crippen LogP contribution in [0.3, 0.4) is 0 Å². The molecule has 0 aromatic heterocycles. The summed E-state index contributed by atoms with van der Waals surface area (Å²) >= 11 is 6.09. The number of amides is 3. The van der Waals surface area contributed by atoms with Crippen molar-refractivity contribution in [2.75, 3.05) is 4.90 Å². The average Bonchev–Trinajstić information content (AvgIpc) is 2.93. The molecule has 1 heterocycles. The Morgan fingerprint density at radius 2 is 1.67 bits per heavy atom. The molecule has 1 aliphatic rings. The third kappa shape index (κ3) is 3.21. The summed E-state index contributed by atoms with van der Waals surface area (Å²) in [5, 5.41) is 3.02. The molecule has 0 unspecified atom stereocenters. The van der Waals surface area contributed by atoms with Gasteiger partial charge in [0.2, 0.25) is 0 Å². The molecule has 0 aliphatic carbocycles. The fourth-order valence-corrected chi connectivity index (χ4v) is 2.56. The highest BCUT2D eigenvalue weighted by Crippen LogP contribution is 2.25. The number of hydrogen-bond donors (Lipinski definition) is 1. The Labute approximate surface area is 143 Å². The molecule has 0 bridgehead atoms. The number of imide groups is 1. The largest absolute Gasteiger partial charge is 0.348 e. The Hall–Kier alpha value is -2.92. The molecule has 0 spiro atoms. The molecule has 3 rings (SSSR count). The van der Waals surface area contributed by atoms with Crippen LogP contribution in [0.1, 0.15) is 15.9 Å². The first-order valence-corrected chi connectivity index (χ1v) is 7.62. The molecule has 1 aliphatic heterocycles. The number of hydrogen-bond acceptors (Lipinski definition) is 3. The lowest BCUT2D eigenvalue weighted by Gasteiger charge is -2.15. The van der Waals surface area contributed by atoms with Crippen LogP contribution < -0.4 is 10.2 Å². The number of anilines is 1. The third-order valence-electron chi connectivity index (χ3n) is 3.56. The van der Waals surface area contributed by atoms with E-state index in [4.69, 9.17) is 11.6 Å². The number of carbonyl (C=O) groups excluding carboxylic acids is 3. The molecule has 0 fully saturated rings. The number of halogens is 1. The molecule has 24 heavy (non-hydrogen) atoms. The highest BCUT2D eigenvalue weighted by molar-refractivity contribution is 6.34. The van der Waals surface area contributed by atoms with E-state index in [0.717, 1.165) is 10.5 Å². The Kier molecular flexibility index (Phi) is 4.44. The van der Waals surface area contributed by atoms with E-state index in [9.17, 15) is 14.4 Å². The smallest absolute Gasteiger partial charge is 0.258 e. The zero-order valence-corrected chi connectivity index (χ0v) is 13.3. The van der Waals surface area contributed by atoms with E-state index in [0.29, 0.717) is 12.2 Å². The van der Waals surface area contributed by atoms with Gasteiger partial charge in [0.05, 0.1) is 16.3 Å². The van der Waals surface area contributed by atoms with E-state index >= 15 is 0 Å². The first-order chi connectivity index (χ1) is 11.6. The van der Waals surface area contributed by atoms with E-state index in [1.165, 1.54) is 30.4 Å². The fourth-order valence-electron chi connectivity index (χ4n) is 2.35. The van der Waals surface area contributed by atoms with E-state index in [-0.39, 0.29) is 16.5 Å². The summed E-state index contributed by atoms with van der Waals surface area (Å²) in [6, 6.07) is 13.9. The van der Waals surface area contributed by atoms with Crippen LogP contribution in [0.4, 0.5) is 5.69 Å². The number of nitrogens with one attached hydrogen (secondary N) is 1. The lowest BCUT2D eigenvalue weighted by atomic mass is 10.1. The van der Waals surface area contributed by atoms with Gasteiger partial charge in [-0.3, -0.25) is 14.4 Å². The van der Waals surface area contributed by atoms with Gasteiger partial charge in [-0.15, -0.1) is 0 Å². The van der Waals surface area contributed by atoms with Crippen molar-refractivity contribution in [3.8, 4) is 0 Å². The van der Waals surface area contributed by atoms with Gasteiger partial charge in [0, 0.05) is 18.7 Å². The molecule has 120 valence electrons. The van der Waals surface area contributed by atoms with E-state index in [2.05, 4.69) is 5.32 Å². The van der Waals surface area contributed by atoms with E-state index < -0.39 is 11.8 Å². The topological polar surface area (TPSA) is 66.5 Å². The maximum atomic E-state index is 12.4. The zero-order valence-electron chi connectivity index (χ0n) is 12.5. The summed E-state index contributed by atoms with van der Waals surface area (Å²) in [5.41, 5.74) is 1.47. The van der Waals surface area contributed by atoms with Gasteiger partial charge >= 0.3 is 0 Å². The lowest BCUT2D eigenvalue weighted by molar-refractivity contribution is -0.119. The molecule has 0 atom stereocenters. The highest BCUT2D eigenvalue weighted by atomic mass is 35.5. The minimum atomic E-state index is -0.446. The fraction of sp³-hybridized carbons (Fsp3) is 0.0556. The van der Waals surface area contributed by atoms with Crippen LogP contribution in [0, 0.1) is 0 Å². The molecule has 1 N–H and O–H groups in total. The van der Waals surface area contributed by atoms with Crippen LogP contribution in [0.2, 0.25) is 5.02 Å². The molecule has 2 aromatic rings. The van der Waals surface area contributed by atoms with Gasteiger partial charge < -0.3 is 5.32 Å². The molecule has 6 heteroatoms. The Morgan fingerprint density at radius 3 is 2.33 bits per heavy atom. The van der Waals surface area contributed by atoms with Crippen LogP contribution in [0.5, 0.6) is 0 Å². The van der Waals surface area contributed by atoms with Gasteiger partial charge in [0.15, 0.2) is 0 Å². The molecular formula is C18H13ClN2O3. The van der Waals surface area contributed by atoms with Crippen molar-refractivity contribution in [1.82, 2.24) is 5.32 Å². The molecular weight excluding hydrogens is 328 g/mol. The maximum Gasteiger partial charge on any atom is 0.258 e. The highest BCUT2D eigenvalue weighted by Gasteiger charge is 2.26. The molecule has 0 saturated carbocycles. The van der Waals surface area contributed by atoms with Gasteiger partial charge in [-0.2, -0.15) is 0 Å². The Balaban J connectivity index is 1.80. The molecule has 2 aromatic carbocycles. The van der Waals surface area contributed by atoms with Gasteiger partial charge in [-0.05, 0) is 23.8 Å². The summed E-state index contributed by atoms with van der Waals surface area (Å²) in [5.74, 6) is -1.27. The van der Waals surface area contributed by atoms with Crippen molar-refractivity contribution in [2.24, 2.45) is 0 Å². The monoisotopic (exact) mass is 340 g/mol. The zero-order chi connectivity index (χ0) is 17.1. The minimum Gasteiger partial charge on any atom is -0.348 e. The SMILES string of the molecule is O=C(NCc1ccccc1)c1cc(N2C(=O)C=CC2=O)ccc1Cl. The van der Waals surface area contributed by atoms with Crippen molar-refractivity contribution in [2.45, 2.75) is 6.54 Å². The second-order valence-corrected chi connectivity index (χ2v) is 5.58. The van der Waals surface area contributed by atoms with Crippen LogP contribution in [-0.4, -0.2) is 17.7 Å². The Bertz CT molecular complexity index is 829. The van der Waals surface area contributed by atoms with Crippen molar-refractivity contribution in [3.63, 3.8) is 0 Å². The summed E-state index contributed by atoms with van der Waals surface area (Å²) in [4.78, 5) is 36.9. The second kappa shape index (κ2) is 6.68. The van der Waals surface area contributed by atoms with Crippen LogP contribution in [-0.2, 0) is 16.1 Å². The Morgan fingerprint density at radius 1 is 1.00 bits per heavy atom. The molecule has 0 radical (unpaired) electrons. The third-order valence-corrected chi connectivity index (χ3v) is 3.89. The normalized spacial score (nSPS) is 13.5. The first-order valence-electron chi connectivity index (χ1n) is 7.24. The summed E-state index contributed by atoms with van der Waals surface area (Å²) < 4.78 is 0. The summed E-state index contributed by atoms with van der Waals surface area (Å²) in [7, 11) is 0. The average molecular weight is 341 g/mol. The van der Waals surface area contributed by atoms with Crippen molar-refractivity contribution >= 4 is 35.0 Å². The lowest BCUT2D eigenvalue weighted by Crippen LogP contribution is -2.30. The van der Waals surface area contributed by atoms with Crippen LogP contribution >= 0.6 is 11.6 Å². The predicted molar refractivity (Wildman–Crippen MR) is 90.7 cm³/mol. The second-order valence-electron chi connectivity index (χ2n) is 5.18. The van der Waals surface area contributed by atoms with Gasteiger partial charge in [-0.25, -0.2) is 4.90 Å². The standard InChI is InChI=1S/C18H13ClN2O3/c19-15-7-6-13(21-16(22)8-9-17(21)23)10-14(15)18(24)20-11-12-4-2-1-3-5-12/h1-10H,11H2,(H,20,24). The summed E-state index contributed by atoms with van der Waals surface area (Å²) in [6.07, 6.45) is 2.37. The maximum absolute atomic E-state index is 12.4. The summed E-state index contributed by atoms with van der Waals surface area (Å²) in [6.45, 7) is 0.351. The van der Waals surface area contributed by atoms with Crippen LogP contribution in [0.25, 0.3) is 0 Å². The molecule has 3 amide bonds. The van der Waals surface area contributed by atoms with Crippen molar-refractivity contribution < 1.29 is 14.4 Å². The number of nitrogens with zero attached hydrogens (tertiary/aromatic N) is 1. The van der Waals surface area contributed by atoms with Gasteiger partial charge in [0.1, 0.15) is 0 Å². The predicted octanol–water partition coefficient (Wildman–Crippen LogP) is 2.70. The van der Waals surface area contributed by atoms with Crippen molar-refractivity contribution in [3.05, 3.63) is 76.8 Å². The van der Waals surface area contributed by atoms with Gasteiger partial charge in [-0.1, -0.05) is 41.9 Å². The van der Waals surface area contributed by atoms with Crippen LogP contribution in [0.15, 0.2) is 60.7 Å². The molecule has 0 saturated heterocycles. The minimum absolute atomic E-state index is 0.206. The van der Waals surface area contributed by atoms with Gasteiger partial charge in [0.25, 0.3) is 17.7 Å². The number of rotatable bonds is 4. The first kappa shape index (κ1) is 16.0. The van der Waals surface area contributed by atoms with E-state index in [1.54, 1.807) is 0 Å². The number of benzene rings is 2. The van der Waals surface area contributed by atoms with E-state index in [1.807, 2.05) is 30.3 Å². The quantitative estimate of drug-likeness (QED) is 0.870. The molecule has 5 nitrogen and oxygen atoms in total.